The van der Waals surface area contributed by atoms with E-state index in [0.29, 0.717) is 6.04 Å². The van der Waals surface area contributed by atoms with Crippen LogP contribution in [0.3, 0.4) is 0 Å². The Hall–Kier alpha value is -1.53. The van der Waals surface area contributed by atoms with Gasteiger partial charge in [0, 0.05) is 18.2 Å². The predicted octanol–water partition coefficient (Wildman–Crippen LogP) is 3.65. The van der Waals surface area contributed by atoms with Crippen LogP contribution in [0.25, 0.3) is 0 Å². The van der Waals surface area contributed by atoms with Gasteiger partial charge in [-0.1, -0.05) is 37.5 Å². The van der Waals surface area contributed by atoms with Gasteiger partial charge in [-0.3, -0.25) is 0 Å². The van der Waals surface area contributed by atoms with E-state index in [0.717, 1.165) is 23.8 Å². The molecule has 1 aromatic rings. The number of nitriles is 1. The van der Waals surface area contributed by atoms with Crippen molar-refractivity contribution in [2.45, 2.75) is 51.6 Å². The molecule has 1 fully saturated rings. The van der Waals surface area contributed by atoms with Crippen LogP contribution in [0.2, 0.25) is 0 Å². The zero-order valence-corrected chi connectivity index (χ0v) is 12.3. The zero-order chi connectivity index (χ0) is 14.2. The number of nitrogens with zero attached hydrogens (tertiary/aromatic N) is 1. The van der Waals surface area contributed by atoms with Crippen molar-refractivity contribution in [3.8, 4) is 11.8 Å². The topological polar surface area (TPSA) is 45.0 Å². The molecule has 0 aliphatic heterocycles. The van der Waals surface area contributed by atoms with Gasteiger partial charge in [-0.25, -0.2) is 0 Å². The monoisotopic (exact) mass is 272 g/mol. The summed E-state index contributed by atoms with van der Waals surface area (Å²) in [6.07, 6.45) is 6.84. The molecule has 1 aliphatic carbocycles. The summed E-state index contributed by atoms with van der Waals surface area (Å²) in [5.74, 6) is 1.62. The van der Waals surface area contributed by atoms with E-state index in [1.165, 1.54) is 32.1 Å². The minimum Gasteiger partial charge on any atom is -0.478 e. The van der Waals surface area contributed by atoms with Crippen LogP contribution in [0, 0.1) is 17.2 Å². The van der Waals surface area contributed by atoms with Gasteiger partial charge in [-0.15, -0.1) is 0 Å². The Morgan fingerprint density at radius 2 is 2.05 bits per heavy atom. The highest BCUT2D eigenvalue weighted by atomic mass is 16.5. The molecule has 1 atom stereocenters. The lowest BCUT2D eigenvalue weighted by Crippen LogP contribution is -2.34. The Morgan fingerprint density at radius 1 is 1.30 bits per heavy atom. The van der Waals surface area contributed by atoms with Gasteiger partial charge in [0.2, 0.25) is 0 Å². The molecule has 0 bridgehead atoms. The summed E-state index contributed by atoms with van der Waals surface area (Å²) in [7, 11) is 0. The first-order chi connectivity index (χ1) is 9.81. The maximum atomic E-state index is 8.62. The first-order valence-corrected chi connectivity index (χ1v) is 7.62. The lowest BCUT2D eigenvalue weighted by Gasteiger charge is -2.28. The lowest BCUT2D eigenvalue weighted by atomic mass is 9.84. The SMILES string of the molecule is C[C@@H](NCc1ccccc1OCC#N)C1CCCCC1. The van der Waals surface area contributed by atoms with Crippen LogP contribution in [0.4, 0.5) is 0 Å². The quantitative estimate of drug-likeness (QED) is 0.859. The molecule has 0 unspecified atom stereocenters. The second kappa shape index (κ2) is 7.91. The fourth-order valence-corrected chi connectivity index (χ4v) is 2.97. The maximum Gasteiger partial charge on any atom is 0.174 e. The Kier molecular flexibility index (Phi) is 5.88. The molecular weight excluding hydrogens is 248 g/mol. The van der Waals surface area contributed by atoms with Gasteiger partial charge in [0.15, 0.2) is 6.61 Å². The normalized spacial score (nSPS) is 17.4. The molecule has 1 N–H and O–H groups in total. The predicted molar refractivity (Wildman–Crippen MR) is 80.4 cm³/mol. The summed E-state index contributed by atoms with van der Waals surface area (Å²) >= 11 is 0. The second-order valence-corrected chi connectivity index (χ2v) is 5.62. The van der Waals surface area contributed by atoms with Gasteiger partial charge >= 0.3 is 0 Å². The van der Waals surface area contributed by atoms with E-state index in [4.69, 9.17) is 10.00 Å². The molecule has 20 heavy (non-hydrogen) atoms. The number of ether oxygens (including phenoxy) is 1. The molecular formula is C17H24N2O. The molecule has 1 saturated carbocycles. The van der Waals surface area contributed by atoms with Crippen LogP contribution in [0.1, 0.15) is 44.6 Å². The fourth-order valence-electron chi connectivity index (χ4n) is 2.97. The minimum absolute atomic E-state index is 0.106. The lowest BCUT2D eigenvalue weighted by molar-refractivity contribution is 0.279. The molecule has 0 spiro atoms. The van der Waals surface area contributed by atoms with E-state index in [2.05, 4.69) is 18.3 Å². The Balaban J connectivity index is 1.88. The van der Waals surface area contributed by atoms with Crippen LogP contribution >= 0.6 is 0 Å². The summed E-state index contributed by atoms with van der Waals surface area (Å²) in [5.41, 5.74) is 1.13. The van der Waals surface area contributed by atoms with E-state index in [1.54, 1.807) is 0 Å². The third kappa shape index (κ3) is 4.25. The van der Waals surface area contributed by atoms with Crippen molar-refractivity contribution in [1.29, 1.82) is 5.26 Å². The molecule has 108 valence electrons. The largest absolute Gasteiger partial charge is 0.478 e. The van der Waals surface area contributed by atoms with Gasteiger partial charge in [0.05, 0.1) is 0 Å². The van der Waals surface area contributed by atoms with Crippen LogP contribution < -0.4 is 10.1 Å². The standard InChI is InChI=1S/C17H24N2O/c1-14(15-7-3-2-4-8-15)19-13-16-9-5-6-10-17(16)20-12-11-18/h5-6,9-10,14-15,19H,2-4,7-8,12-13H2,1H3/t14-/m1/s1. The number of hydrogen-bond donors (Lipinski definition) is 1. The van der Waals surface area contributed by atoms with Crippen LogP contribution in [-0.4, -0.2) is 12.6 Å². The molecule has 0 aromatic heterocycles. The first kappa shape index (κ1) is 14.9. The Labute approximate surface area is 121 Å². The average Bonchev–Trinajstić information content (AvgIpc) is 2.52. The summed E-state index contributed by atoms with van der Waals surface area (Å²) in [5, 5.41) is 12.2. The average molecular weight is 272 g/mol. The number of para-hydroxylation sites is 1. The van der Waals surface area contributed by atoms with E-state index in [-0.39, 0.29) is 6.61 Å². The van der Waals surface area contributed by atoms with E-state index in [1.807, 2.05) is 24.3 Å². The first-order valence-electron chi connectivity index (χ1n) is 7.62. The Bertz CT molecular complexity index is 447. The molecule has 0 amide bonds. The third-order valence-electron chi connectivity index (χ3n) is 4.24. The van der Waals surface area contributed by atoms with Crippen molar-refractivity contribution in [2.75, 3.05) is 6.61 Å². The van der Waals surface area contributed by atoms with E-state index >= 15 is 0 Å². The van der Waals surface area contributed by atoms with Gasteiger partial charge in [0.1, 0.15) is 11.8 Å². The van der Waals surface area contributed by atoms with Crippen LogP contribution in [0.15, 0.2) is 24.3 Å². The number of hydrogen-bond acceptors (Lipinski definition) is 3. The fraction of sp³-hybridized carbons (Fsp3) is 0.588. The second-order valence-electron chi connectivity index (χ2n) is 5.62. The van der Waals surface area contributed by atoms with Crippen LogP contribution in [0.5, 0.6) is 5.75 Å². The van der Waals surface area contributed by atoms with E-state index in [9.17, 15) is 0 Å². The zero-order valence-electron chi connectivity index (χ0n) is 12.3. The van der Waals surface area contributed by atoms with Crippen molar-refractivity contribution in [1.82, 2.24) is 5.32 Å². The molecule has 0 radical (unpaired) electrons. The molecule has 2 rings (SSSR count). The molecule has 1 aliphatic rings. The molecule has 3 nitrogen and oxygen atoms in total. The van der Waals surface area contributed by atoms with Crippen LogP contribution in [-0.2, 0) is 6.54 Å². The summed E-state index contributed by atoms with van der Waals surface area (Å²) < 4.78 is 5.46. The molecule has 0 saturated heterocycles. The van der Waals surface area contributed by atoms with Gasteiger partial charge in [-0.2, -0.15) is 5.26 Å². The van der Waals surface area contributed by atoms with Crippen molar-refractivity contribution in [3.63, 3.8) is 0 Å². The maximum absolute atomic E-state index is 8.62. The summed E-state index contributed by atoms with van der Waals surface area (Å²) in [6.45, 7) is 3.20. The number of benzene rings is 1. The van der Waals surface area contributed by atoms with Gasteiger partial charge < -0.3 is 10.1 Å². The molecule has 0 heterocycles. The minimum atomic E-state index is 0.106. The smallest absolute Gasteiger partial charge is 0.174 e. The number of rotatable bonds is 6. The molecule has 3 heteroatoms. The van der Waals surface area contributed by atoms with Gasteiger partial charge in [0.25, 0.3) is 0 Å². The highest BCUT2D eigenvalue weighted by molar-refractivity contribution is 5.33. The van der Waals surface area contributed by atoms with Gasteiger partial charge in [-0.05, 0) is 31.7 Å². The highest BCUT2D eigenvalue weighted by Crippen LogP contribution is 2.27. The highest BCUT2D eigenvalue weighted by Gasteiger charge is 2.19. The summed E-state index contributed by atoms with van der Waals surface area (Å²) in [4.78, 5) is 0. The summed E-state index contributed by atoms with van der Waals surface area (Å²) in [6, 6.07) is 10.5. The van der Waals surface area contributed by atoms with Crippen molar-refractivity contribution in [2.24, 2.45) is 5.92 Å². The number of nitrogens with one attached hydrogen (secondary N) is 1. The van der Waals surface area contributed by atoms with Crippen molar-refractivity contribution < 1.29 is 4.74 Å². The Morgan fingerprint density at radius 3 is 2.80 bits per heavy atom. The van der Waals surface area contributed by atoms with Crippen molar-refractivity contribution in [3.05, 3.63) is 29.8 Å². The van der Waals surface area contributed by atoms with E-state index < -0.39 is 0 Å². The molecule has 1 aromatic carbocycles. The van der Waals surface area contributed by atoms with Crippen molar-refractivity contribution >= 4 is 0 Å². The third-order valence-corrected chi connectivity index (χ3v) is 4.24.